The van der Waals surface area contributed by atoms with Crippen LogP contribution in [0.1, 0.15) is 49.1 Å². The first-order valence-corrected chi connectivity index (χ1v) is 12.9. The molecule has 7 heteroatoms. The third kappa shape index (κ3) is 10.3. The van der Waals surface area contributed by atoms with E-state index >= 15 is 0 Å². The number of esters is 1. The van der Waals surface area contributed by atoms with Crippen molar-refractivity contribution in [3.8, 4) is 0 Å². The van der Waals surface area contributed by atoms with Gasteiger partial charge in [0.2, 0.25) is 0 Å². The lowest BCUT2D eigenvalue weighted by Gasteiger charge is -2.23. The topological polar surface area (TPSA) is 77.5 Å². The zero-order valence-corrected chi connectivity index (χ0v) is 21.2. The number of hydrogen-bond donors (Lipinski definition) is 1. The number of carbonyl (C=O) groups is 2. The quantitative estimate of drug-likeness (QED) is 0.297. The normalized spacial score (nSPS) is 12.7. The summed E-state index contributed by atoms with van der Waals surface area (Å²) in [6, 6.07) is 20.1. The second kappa shape index (κ2) is 14.3. The van der Waals surface area contributed by atoms with Crippen molar-refractivity contribution in [1.82, 2.24) is 10.3 Å². The number of aromatic nitrogens is 1. The molecule has 0 aliphatic rings. The minimum absolute atomic E-state index is 0.108. The molecular formula is C28H34N2O4S. The fourth-order valence-corrected chi connectivity index (χ4v) is 4.50. The molecule has 0 bridgehead atoms. The van der Waals surface area contributed by atoms with E-state index < -0.39 is 6.09 Å². The first-order chi connectivity index (χ1) is 17.0. The van der Waals surface area contributed by atoms with Crippen molar-refractivity contribution in [3.05, 3.63) is 88.4 Å². The number of nitrogens with zero attached hydrogens (tertiary/aromatic N) is 1. The van der Waals surface area contributed by atoms with Crippen molar-refractivity contribution in [1.29, 1.82) is 0 Å². The van der Waals surface area contributed by atoms with E-state index in [-0.39, 0.29) is 30.6 Å². The van der Waals surface area contributed by atoms with Crippen LogP contribution in [0.2, 0.25) is 0 Å². The van der Waals surface area contributed by atoms with E-state index in [0.29, 0.717) is 12.8 Å². The number of carbonyl (C=O) groups excluding carboxylic acids is 2. The van der Waals surface area contributed by atoms with Gasteiger partial charge >= 0.3 is 12.1 Å². The largest absolute Gasteiger partial charge is 0.463 e. The van der Waals surface area contributed by atoms with Gasteiger partial charge in [0.1, 0.15) is 6.61 Å². The smallest absolute Gasteiger partial charge is 0.407 e. The van der Waals surface area contributed by atoms with Crippen LogP contribution in [-0.4, -0.2) is 29.2 Å². The van der Waals surface area contributed by atoms with Gasteiger partial charge in [-0.25, -0.2) is 4.79 Å². The van der Waals surface area contributed by atoms with Gasteiger partial charge in [-0.3, -0.25) is 9.78 Å². The maximum atomic E-state index is 12.6. The van der Waals surface area contributed by atoms with Crippen LogP contribution in [0.3, 0.4) is 0 Å². The maximum absolute atomic E-state index is 12.6. The second-order valence-electron chi connectivity index (χ2n) is 8.95. The molecule has 35 heavy (non-hydrogen) atoms. The van der Waals surface area contributed by atoms with Crippen LogP contribution in [-0.2, 0) is 33.7 Å². The summed E-state index contributed by atoms with van der Waals surface area (Å²) in [5, 5.41) is 3.04. The molecule has 0 saturated heterocycles. The number of hydrogen-bond acceptors (Lipinski definition) is 6. The molecule has 0 aliphatic carbocycles. The number of thiazole rings is 1. The first kappa shape index (κ1) is 26.4. The van der Waals surface area contributed by atoms with Crippen LogP contribution in [0.4, 0.5) is 4.79 Å². The van der Waals surface area contributed by atoms with E-state index in [1.807, 2.05) is 50.2 Å². The lowest BCUT2D eigenvalue weighted by atomic mass is 9.89. The molecule has 6 nitrogen and oxygen atoms in total. The minimum atomic E-state index is -0.446. The molecule has 1 amide bonds. The van der Waals surface area contributed by atoms with E-state index in [0.717, 1.165) is 29.7 Å². The monoisotopic (exact) mass is 494 g/mol. The zero-order valence-electron chi connectivity index (χ0n) is 20.4. The predicted octanol–water partition coefficient (Wildman–Crippen LogP) is 5.96. The van der Waals surface area contributed by atoms with Gasteiger partial charge in [-0.1, -0.05) is 60.7 Å². The summed E-state index contributed by atoms with van der Waals surface area (Å²) in [4.78, 5) is 29.9. The highest BCUT2D eigenvalue weighted by atomic mass is 32.1. The Morgan fingerprint density at radius 1 is 0.943 bits per heavy atom. The molecule has 2 atom stereocenters. The highest BCUT2D eigenvalue weighted by molar-refractivity contribution is 7.09. The number of nitrogens with one attached hydrogen (secondary N) is 1. The lowest BCUT2D eigenvalue weighted by molar-refractivity contribution is -0.148. The van der Waals surface area contributed by atoms with Gasteiger partial charge in [-0.2, -0.15) is 0 Å². The molecule has 1 heterocycles. The van der Waals surface area contributed by atoms with Crippen molar-refractivity contribution >= 4 is 23.4 Å². The minimum Gasteiger partial charge on any atom is -0.463 e. The molecule has 3 aromatic rings. The molecule has 3 rings (SSSR count). The number of amides is 1. The van der Waals surface area contributed by atoms with Crippen molar-refractivity contribution in [2.45, 2.75) is 64.7 Å². The van der Waals surface area contributed by atoms with Crippen LogP contribution in [0.25, 0.3) is 0 Å². The molecule has 0 fully saturated rings. The molecule has 0 unspecified atom stereocenters. The van der Waals surface area contributed by atoms with Gasteiger partial charge in [0.15, 0.2) is 0 Å². The molecule has 0 saturated carbocycles. The summed E-state index contributed by atoms with van der Waals surface area (Å²) in [5.41, 5.74) is 4.04. The molecule has 0 spiro atoms. The van der Waals surface area contributed by atoms with E-state index in [1.54, 1.807) is 11.7 Å². The number of ether oxygens (including phenoxy) is 2. The number of benzene rings is 2. The predicted molar refractivity (Wildman–Crippen MR) is 138 cm³/mol. The highest BCUT2D eigenvalue weighted by Crippen LogP contribution is 2.21. The average Bonchev–Trinajstić information content (AvgIpc) is 3.36. The van der Waals surface area contributed by atoms with Gasteiger partial charge in [-0.15, -0.1) is 11.3 Å². The van der Waals surface area contributed by atoms with Crippen LogP contribution >= 0.6 is 11.3 Å². The molecular weight excluding hydrogens is 460 g/mol. The van der Waals surface area contributed by atoms with E-state index in [1.165, 1.54) is 16.9 Å². The average molecular weight is 495 g/mol. The van der Waals surface area contributed by atoms with E-state index in [4.69, 9.17) is 9.47 Å². The van der Waals surface area contributed by atoms with Gasteiger partial charge in [-0.05, 0) is 56.6 Å². The molecule has 0 radical (unpaired) electrons. The van der Waals surface area contributed by atoms with Crippen LogP contribution < -0.4 is 5.32 Å². The summed E-state index contributed by atoms with van der Waals surface area (Å²) in [6.45, 7) is 3.93. The Balaban J connectivity index is 1.64. The summed E-state index contributed by atoms with van der Waals surface area (Å²) >= 11 is 1.45. The summed E-state index contributed by atoms with van der Waals surface area (Å²) < 4.78 is 10.8. The first-order valence-electron chi connectivity index (χ1n) is 12.1. The summed E-state index contributed by atoms with van der Waals surface area (Å²) in [5.74, 6) is -0.0746. The van der Waals surface area contributed by atoms with Crippen LogP contribution in [0.5, 0.6) is 0 Å². The van der Waals surface area contributed by atoms with Crippen LogP contribution in [0, 0.1) is 5.92 Å². The molecule has 0 aliphatic heterocycles. The Labute approximate surface area is 211 Å². The van der Waals surface area contributed by atoms with Crippen molar-refractivity contribution < 1.29 is 19.1 Å². The van der Waals surface area contributed by atoms with Gasteiger partial charge in [0.25, 0.3) is 0 Å². The fourth-order valence-electron chi connectivity index (χ4n) is 3.99. The van der Waals surface area contributed by atoms with Crippen molar-refractivity contribution in [3.63, 3.8) is 0 Å². The van der Waals surface area contributed by atoms with Gasteiger partial charge < -0.3 is 14.8 Å². The SMILES string of the molecule is CC(C)OC(=O)C[C@@H](CC[C@@H](Cc1ccccc1)NC(=O)OCc1cncs1)Cc1ccccc1. The standard InChI is InChI=1S/C28H34N2O4S/c1-21(2)34-27(31)17-24(15-22-9-5-3-6-10-22)13-14-25(16-23-11-7-4-8-12-23)30-28(32)33-19-26-18-29-20-35-26/h3-12,18,20-21,24-25H,13-17,19H2,1-2H3,(H,30,32)/t24-,25-/m0/s1. The Bertz CT molecular complexity index is 1010. The Kier molecular flexibility index (Phi) is 10.8. The number of alkyl carbamates (subject to hydrolysis) is 1. The highest BCUT2D eigenvalue weighted by Gasteiger charge is 2.21. The van der Waals surface area contributed by atoms with Crippen molar-refractivity contribution in [2.24, 2.45) is 5.92 Å². The maximum Gasteiger partial charge on any atom is 0.407 e. The van der Waals surface area contributed by atoms with Crippen molar-refractivity contribution in [2.75, 3.05) is 0 Å². The Hall–Kier alpha value is -3.19. The third-order valence-electron chi connectivity index (χ3n) is 5.59. The van der Waals surface area contributed by atoms with E-state index in [2.05, 4.69) is 34.6 Å². The summed E-state index contributed by atoms with van der Waals surface area (Å²) in [6.07, 6.45) is 4.42. The molecule has 1 N–H and O–H groups in total. The Morgan fingerprint density at radius 2 is 1.60 bits per heavy atom. The molecule has 2 aromatic carbocycles. The molecule has 186 valence electrons. The third-order valence-corrected chi connectivity index (χ3v) is 6.34. The fraction of sp³-hybridized carbons (Fsp3) is 0.393. The van der Waals surface area contributed by atoms with Gasteiger partial charge in [0.05, 0.1) is 16.5 Å². The van der Waals surface area contributed by atoms with Crippen LogP contribution in [0.15, 0.2) is 72.4 Å². The zero-order chi connectivity index (χ0) is 24.9. The lowest BCUT2D eigenvalue weighted by Crippen LogP contribution is -2.37. The van der Waals surface area contributed by atoms with E-state index in [9.17, 15) is 9.59 Å². The Morgan fingerprint density at radius 3 is 2.20 bits per heavy atom. The second-order valence-corrected chi connectivity index (χ2v) is 9.92. The molecule has 1 aromatic heterocycles. The van der Waals surface area contributed by atoms with Gasteiger partial charge in [0, 0.05) is 18.7 Å². The summed E-state index contributed by atoms with van der Waals surface area (Å²) in [7, 11) is 0. The number of rotatable bonds is 13.